The lowest BCUT2D eigenvalue weighted by Gasteiger charge is -2.22. The van der Waals surface area contributed by atoms with Crippen molar-refractivity contribution < 1.29 is 9.53 Å². The van der Waals surface area contributed by atoms with E-state index in [2.05, 4.69) is 20.8 Å². The molecule has 1 amide bonds. The predicted octanol–water partition coefficient (Wildman–Crippen LogP) is 2.07. The fourth-order valence-corrected chi connectivity index (χ4v) is 2.63. The van der Waals surface area contributed by atoms with E-state index in [0.717, 1.165) is 11.4 Å². The van der Waals surface area contributed by atoms with E-state index in [9.17, 15) is 4.79 Å². The number of nitrogens with zero attached hydrogens (tertiary/aromatic N) is 4. The molecule has 1 N–H and O–H groups in total. The van der Waals surface area contributed by atoms with E-state index in [-0.39, 0.29) is 16.7 Å². The van der Waals surface area contributed by atoms with Crippen LogP contribution in [-0.2, 0) is 4.79 Å². The first kappa shape index (κ1) is 17.3. The van der Waals surface area contributed by atoms with Gasteiger partial charge in [0.1, 0.15) is 5.75 Å². The Balaban J connectivity index is 2.13. The van der Waals surface area contributed by atoms with Gasteiger partial charge in [-0.25, -0.2) is 0 Å². The maximum atomic E-state index is 12.2. The molecule has 0 aliphatic heterocycles. The van der Waals surface area contributed by atoms with E-state index in [1.807, 2.05) is 52.0 Å². The first-order valence-corrected chi connectivity index (χ1v) is 8.09. The largest absolute Gasteiger partial charge is 0.497 e. The molecule has 0 aliphatic carbocycles. The molecule has 0 saturated carbocycles. The quantitative estimate of drug-likeness (QED) is 0.842. The van der Waals surface area contributed by atoms with Crippen LogP contribution in [0.3, 0.4) is 0 Å². The summed E-state index contributed by atoms with van der Waals surface area (Å²) in [5, 5.41) is 14.9. The van der Waals surface area contributed by atoms with Crippen LogP contribution in [-0.4, -0.2) is 44.0 Å². The highest BCUT2D eigenvalue weighted by atomic mass is 32.2. The molecular weight excluding hydrogens is 314 g/mol. The van der Waals surface area contributed by atoms with Crippen molar-refractivity contribution in [2.24, 2.45) is 0 Å². The second-order valence-electron chi connectivity index (χ2n) is 6.07. The van der Waals surface area contributed by atoms with Crippen molar-refractivity contribution >= 4 is 17.7 Å². The third-order valence-electron chi connectivity index (χ3n) is 2.91. The van der Waals surface area contributed by atoms with E-state index < -0.39 is 0 Å². The molecule has 23 heavy (non-hydrogen) atoms. The number of thioether (sulfide) groups is 1. The third kappa shape index (κ3) is 4.69. The SMILES string of the molecule is COc1ccc(-n2nnnc2S[C@H](C)C(=O)NC(C)(C)C)cc1. The number of rotatable bonds is 5. The first-order chi connectivity index (χ1) is 10.8. The topological polar surface area (TPSA) is 81.9 Å². The van der Waals surface area contributed by atoms with Gasteiger partial charge in [-0.05, 0) is 62.4 Å². The van der Waals surface area contributed by atoms with Crippen molar-refractivity contribution in [3.05, 3.63) is 24.3 Å². The van der Waals surface area contributed by atoms with Gasteiger partial charge < -0.3 is 10.1 Å². The molecule has 2 rings (SSSR count). The van der Waals surface area contributed by atoms with Crippen molar-refractivity contribution in [2.75, 3.05) is 7.11 Å². The number of carbonyl (C=O) groups is 1. The molecule has 0 radical (unpaired) electrons. The minimum atomic E-state index is -0.308. The van der Waals surface area contributed by atoms with Gasteiger partial charge in [0.15, 0.2) is 0 Å². The van der Waals surface area contributed by atoms with Gasteiger partial charge in [0.05, 0.1) is 18.0 Å². The molecular formula is C15H21N5O2S. The van der Waals surface area contributed by atoms with Crippen LogP contribution in [0.1, 0.15) is 27.7 Å². The Morgan fingerprint density at radius 1 is 1.30 bits per heavy atom. The Hall–Kier alpha value is -2.09. The van der Waals surface area contributed by atoms with Crippen LogP contribution in [0.25, 0.3) is 5.69 Å². The van der Waals surface area contributed by atoms with Gasteiger partial charge >= 0.3 is 0 Å². The van der Waals surface area contributed by atoms with Crippen molar-refractivity contribution in [1.29, 1.82) is 0 Å². The van der Waals surface area contributed by atoms with Crippen LogP contribution in [0, 0.1) is 0 Å². The Labute approximate surface area is 139 Å². The minimum absolute atomic E-state index is 0.0493. The number of tetrazole rings is 1. The Morgan fingerprint density at radius 2 is 1.96 bits per heavy atom. The van der Waals surface area contributed by atoms with E-state index in [1.165, 1.54) is 11.8 Å². The number of aromatic nitrogens is 4. The first-order valence-electron chi connectivity index (χ1n) is 7.21. The van der Waals surface area contributed by atoms with Crippen LogP contribution in [0.4, 0.5) is 0 Å². The zero-order chi connectivity index (χ0) is 17.0. The Morgan fingerprint density at radius 3 is 2.52 bits per heavy atom. The van der Waals surface area contributed by atoms with Gasteiger partial charge in [0.2, 0.25) is 11.1 Å². The molecule has 0 unspecified atom stereocenters. The molecule has 0 bridgehead atoms. The number of hydrogen-bond acceptors (Lipinski definition) is 6. The van der Waals surface area contributed by atoms with Gasteiger partial charge in [-0.15, -0.1) is 5.10 Å². The monoisotopic (exact) mass is 335 g/mol. The standard InChI is InChI=1S/C15H21N5O2S/c1-10(13(21)16-15(2,3)4)23-14-17-18-19-20(14)11-6-8-12(22-5)9-7-11/h6-10H,1-5H3,(H,16,21)/t10-/m1/s1. The van der Waals surface area contributed by atoms with E-state index in [4.69, 9.17) is 4.74 Å². The zero-order valence-electron chi connectivity index (χ0n) is 13.9. The van der Waals surface area contributed by atoms with E-state index in [0.29, 0.717) is 5.16 Å². The van der Waals surface area contributed by atoms with Crippen LogP contribution in [0.15, 0.2) is 29.4 Å². The molecule has 2 aromatic rings. The summed E-state index contributed by atoms with van der Waals surface area (Å²) in [7, 11) is 1.61. The van der Waals surface area contributed by atoms with E-state index in [1.54, 1.807) is 11.8 Å². The summed E-state index contributed by atoms with van der Waals surface area (Å²) in [6, 6.07) is 7.39. The molecule has 1 aromatic heterocycles. The number of methoxy groups -OCH3 is 1. The second kappa shape index (κ2) is 6.99. The van der Waals surface area contributed by atoms with Gasteiger partial charge in [-0.1, -0.05) is 11.8 Å². The average molecular weight is 335 g/mol. The fraction of sp³-hybridized carbons (Fsp3) is 0.467. The number of hydrogen-bond donors (Lipinski definition) is 1. The Kier molecular flexibility index (Phi) is 5.25. The molecule has 124 valence electrons. The molecule has 1 aromatic carbocycles. The molecule has 0 fully saturated rings. The molecule has 8 heteroatoms. The zero-order valence-corrected chi connectivity index (χ0v) is 14.7. The van der Waals surface area contributed by atoms with Crippen LogP contribution in [0.2, 0.25) is 0 Å². The van der Waals surface area contributed by atoms with Crippen LogP contribution >= 0.6 is 11.8 Å². The predicted molar refractivity (Wildman–Crippen MR) is 88.9 cm³/mol. The van der Waals surface area contributed by atoms with Gasteiger partial charge in [-0.2, -0.15) is 4.68 Å². The van der Waals surface area contributed by atoms with E-state index >= 15 is 0 Å². The fourth-order valence-electron chi connectivity index (χ4n) is 1.82. The normalized spacial score (nSPS) is 12.7. The maximum absolute atomic E-state index is 12.2. The summed E-state index contributed by atoms with van der Waals surface area (Å²) in [5.41, 5.74) is 0.537. The number of nitrogens with one attached hydrogen (secondary N) is 1. The Bertz CT molecular complexity index is 663. The summed E-state index contributed by atoms with van der Waals surface area (Å²) in [6.07, 6.45) is 0. The third-order valence-corrected chi connectivity index (χ3v) is 3.94. The minimum Gasteiger partial charge on any atom is -0.497 e. The molecule has 0 spiro atoms. The van der Waals surface area contributed by atoms with Gasteiger partial charge in [-0.3, -0.25) is 4.79 Å². The highest BCUT2D eigenvalue weighted by Gasteiger charge is 2.22. The van der Waals surface area contributed by atoms with Crippen LogP contribution in [0.5, 0.6) is 5.75 Å². The highest BCUT2D eigenvalue weighted by molar-refractivity contribution is 8.00. The van der Waals surface area contributed by atoms with Gasteiger partial charge in [0, 0.05) is 5.54 Å². The summed E-state index contributed by atoms with van der Waals surface area (Å²) in [4.78, 5) is 12.2. The lowest BCUT2D eigenvalue weighted by Crippen LogP contribution is -2.44. The van der Waals surface area contributed by atoms with Crippen molar-refractivity contribution in [1.82, 2.24) is 25.5 Å². The number of ether oxygens (including phenoxy) is 1. The van der Waals surface area contributed by atoms with Crippen molar-refractivity contribution in [3.63, 3.8) is 0 Å². The molecule has 0 aliphatic rings. The smallest absolute Gasteiger partial charge is 0.233 e. The summed E-state index contributed by atoms with van der Waals surface area (Å²) < 4.78 is 6.74. The molecule has 0 saturated heterocycles. The summed E-state index contributed by atoms with van der Waals surface area (Å²) in [5.74, 6) is 0.709. The highest BCUT2D eigenvalue weighted by Crippen LogP contribution is 2.24. The molecule has 1 atom stereocenters. The van der Waals surface area contributed by atoms with Crippen molar-refractivity contribution in [3.8, 4) is 11.4 Å². The van der Waals surface area contributed by atoms with Crippen molar-refractivity contribution in [2.45, 2.75) is 43.6 Å². The number of amides is 1. The number of carbonyl (C=O) groups excluding carboxylic acids is 1. The average Bonchev–Trinajstić information content (AvgIpc) is 2.93. The summed E-state index contributed by atoms with van der Waals surface area (Å²) >= 11 is 1.31. The molecule has 1 heterocycles. The maximum Gasteiger partial charge on any atom is 0.233 e. The van der Waals surface area contributed by atoms with Gasteiger partial charge in [0.25, 0.3) is 0 Å². The second-order valence-corrected chi connectivity index (χ2v) is 7.38. The number of benzene rings is 1. The molecule has 7 nitrogen and oxygen atoms in total. The lowest BCUT2D eigenvalue weighted by molar-refractivity contribution is -0.121. The van der Waals surface area contributed by atoms with Crippen LogP contribution < -0.4 is 10.1 Å². The lowest BCUT2D eigenvalue weighted by atomic mass is 10.1. The summed E-state index contributed by atoms with van der Waals surface area (Å²) in [6.45, 7) is 7.68.